The normalized spacial score (nSPS) is 10.2. The first-order valence-electron chi connectivity index (χ1n) is 5.76. The van der Waals surface area contributed by atoms with Gasteiger partial charge in [-0.15, -0.1) is 0 Å². The maximum absolute atomic E-state index is 12.1. The second-order valence-corrected chi connectivity index (χ2v) is 4.98. The van der Waals surface area contributed by atoms with Crippen LogP contribution in [-0.4, -0.2) is 18.2 Å². The van der Waals surface area contributed by atoms with Crippen LogP contribution in [0.1, 0.15) is 0 Å². The Hall–Kier alpha value is -1.91. The number of anilines is 2. The molecule has 2 rings (SSSR count). The molecule has 4 nitrogen and oxygen atoms in total. The van der Waals surface area contributed by atoms with Gasteiger partial charge in [0.1, 0.15) is 5.75 Å². The van der Waals surface area contributed by atoms with Crippen LogP contribution in [0, 0.1) is 0 Å². The Morgan fingerprint density at radius 3 is 2.65 bits per heavy atom. The lowest BCUT2D eigenvalue weighted by Gasteiger charge is -2.18. The number of phenols is 1. The fourth-order valence-electron chi connectivity index (χ4n) is 1.61. The third-order valence-electron chi connectivity index (χ3n) is 2.69. The van der Waals surface area contributed by atoms with Gasteiger partial charge in [-0.05, 0) is 30.3 Å². The molecule has 0 aliphatic rings. The molecule has 0 saturated carbocycles. The summed E-state index contributed by atoms with van der Waals surface area (Å²) in [6.45, 7) is 0. The van der Waals surface area contributed by atoms with Crippen LogP contribution in [0.3, 0.4) is 0 Å². The molecule has 0 radical (unpaired) electrons. The van der Waals surface area contributed by atoms with Gasteiger partial charge in [0.2, 0.25) is 0 Å². The van der Waals surface area contributed by atoms with Crippen LogP contribution >= 0.6 is 23.2 Å². The number of rotatable bonds is 2. The highest BCUT2D eigenvalue weighted by molar-refractivity contribution is 6.35. The summed E-state index contributed by atoms with van der Waals surface area (Å²) in [6.07, 6.45) is 0. The number of urea groups is 1. The lowest BCUT2D eigenvalue weighted by molar-refractivity contribution is 0.258. The predicted octanol–water partition coefficient (Wildman–Crippen LogP) is 4.37. The Balaban J connectivity index is 2.17. The Kier molecular flexibility index (Phi) is 4.37. The Morgan fingerprint density at radius 2 is 1.95 bits per heavy atom. The van der Waals surface area contributed by atoms with Crippen LogP contribution in [0.25, 0.3) is 0 Å². The molecular formula is C14H12Cl2N2O2. The molecule has 6 heteroatoms. The second kappa shape index (κ2) is 6.03. The molecule has 0 saturated heterocycles. The summed E-state index contributed by atoms with van der Waals surface area (Å²) in [5, 5.41) is 12.9. The smallest absolute Gasteiger partial charge is 0.326 e. The van der Waals surface area contributed by atoms with E-state index in [1.807, 2.05) is 0 Å². The summed E-state index contributed by atoms with van der Waals surface area (Å²) < 4.78 is 0. The minimum absolute atomic E-state index is 0.0861. The van der Waals surface area contributed by atoms with Crippen molar-refractivity contribution in [3.8, 4) is 5.75 Å². The van der Waals surface area contributed by atoms with E-state index in [2.05, 4.69) is 5.32 Å². The first-order valence-corrected chi connectivity index (χ1v) is 6.52. The Labute approximate surface area is 126 Å². The van der Waals surface area contributed by atoms with Gasteiger partial charge in [0.15, 0.2) is 0 Å². The van der Waals surface area contributed by atoms with Crippen LogP contribution in [0.2, 0.25) is 10.0 Å². The number of aromatic hydroxyl groups is 1. The molecular weight excluding hydrogens is 299 g/mol. The topological polar surface area (TPSA) is 52.6 Å². The third-order valence-corrected chi connectivity index (χ3v) is 3.26. The van der Waals surface area contributed by atoms with Gasteiger partial charge in [-0.3, -0.25) is 4.90 Å². The zero-order valence-electron chi connectivity index (χ0n) is 10.6. The average Bonchev–Trinajstić information content (AvgIpc) is 2.42. The summed E-state index contributed by atoms with van der Waals surface area (Å²) in [4.78, 5) is 13.5. The molecule has 0 unspecified atom stereocenters. The lowest BCUT2D eigenvalue weighted by Crippen LogP contribution is -2.31. The van der Waals surface area contributed by atoms with Gasteiger partial charge in [0.05, 0.1) is 10.7 Å². The molecule has 20 heavy (non-hydrogen) atoms. The van der Waals surface area contributed by atoms with Crippen molar-refractivity contribution in [2.24, 2.45) is 0 Å². The van der Waals surface area contributed by atoms with Crippen molar-refractivity contribution in [1.82, 2.24) is 0 Å². The van der Waals surface area contributed by atoms with Gasteiger partial charge in [0, 0.05) is 23.8 Å². The molecule has 0 aliphatic heterocycles. The molecule has 2 amide bonds. The van der Waals surface area contributed by atoms with E-state index >= 15 is 0 Å². The Morgan fingerprint density at radius 1 is 1.20 bits per heavy atom. The van der Waals surface area contributed by atoms with Crippen molar-refractivity contribution < 1.29 is 9.90 Å². The molecule has 2 N–H and O–H groups in total. The van der Waals surface area contributed by atoms with Crippen molar-refractivity contribution in [3.63, 3.8) is 0 Å². The summed E-state index contributed by atoms with van der Waals surface area (Å²) >= 11 is 11.8. The highest BCUT2D eigenvalue weighted by Gasteiger charge is 2.13. The number of carbonyl (C=O) groups is 1. The fourth-order valence-corrected chi connectivity index (χ4v) is 1.95. The molecule has 0 bridgehead atoms. The van der Waals surface area contributed by atoms with E-state index < -0.39 is 0 Å². The number of nitrogens with one attached hydrogen (secondary N) is 1. The van der Waals surface area contributed by atoms with E-state index in [0.717, 1.165) is 0 Å². The highest BCUT2D eigenvalue weighted by Crippen LogP contribution is 2.26. The first kappa shape index (κ1) is 14.5. The number of hydrogen-bond acceptors (Lipinski definition) is 2. The predicted molar refractivity (Wildman–Crippen MR) is 82.0 cm³/mol. The number of amides is 2. The van der Waals surface area contributed by atoms with Crippen LogP contribution < -0.4 is 10.2 Å². The quantitative estimate of drug-likeness (QED) is 0.865. The summed E-state index contributed by atoms with van der Waals surface area (Å²) in [5.41, 5.74) is 0.983. The highest BCUT2D eigenvalue weighted by atomic mass is 35.5. The van der Waals surface area contributed by atoms with Crippen molar-refractivity contribution in [2.45, 2.75) is 0 Å². The monoisotopic (exact) mass is 310 g/mol. The minimum Gasteiger partial charge on any atom is -0.508 e. The molecule has 2 aromatic rings. The third kappa shape index (κ3) is 3.35. The molecule has 2 aromatic carbocycles. The maximum atomic E-state index is 12.1. The van der Waals surface area contributed by atoms with Gasteiger partial charge in [-0.1, -0.05) is 29.3 Å². The van der Waals surface area contributed by atoms with Gasteiger partial charge in [-0.2, -0.15) is 0 Å². The molecule has 104 valence electrons. The molecule has 0 fully saturated rings. The molecule has 0 heterocycles. The average molecular weight is 311 g/mol. The van der Waals surface area contributed by atoms with Gasteiger partial charge < -0.3 is 10.4 Å². The maximum Gasteiger partial charge on any atom is 0.326 e. The molecule has 0 aliphatic carbocycles. The number of halogens is 2. The van der Waals surface area contributed by atoms with Crippen molar-refractivity contribution in [2.75, 3.05) is 17.3 Å². The number of phenolic OH excluding ortho intramolecular Hbond substituents is 1. The number of hydrogen-bond donors (Lipinski definition) is 2. The summed E-state index contributed by atoms with van der Waals surface area (Å²) in [7, 11) is 1.59. The number of benzene rings is 2. The van der Waals surface area contributed by atoms with E-state index in [-0.39, 0.29) is 11.8 Å². The van der Waals surface area contributed by atoms with E-state index in [0.29, 0.717) is 21.4 Å². The number of carbonyl (C=O) groups excluding carboxylic acids is 1. The summed E-state index contributed by atoms with van der Waals surface area (Å²) in [6, 6.07) is 10.8. The molecule has 0 spiro atoms. The van der Waals surface area contributed by atoms with E-state index in [4.69, 9.17) is 23.2 Å². The second-order valence-electron chi connectivity index (χ2n) is 4.13. The Bertz CT molecular complexity index is 647. The molecule has 0 atom stereocenters. The zero-order valence-corrected chi connectivity index (χ0v) is 12.1. The standard InChI is InChI=1S/C14H12Cl2N2O2/c1-18(10-3-2-4-11(19)8-10)14(20)17-13-7-9(15)5-6-12(13)16/h2-8,19H,1H3,(H,17,20). The number of nitrogens with zero attached hydrogens (tertiary/aromatic N) is 1. The van der Waals surface area contributed by atoms with Crippen molar-refractivity contribution >= 4 is 40.6 Å². The van der Waals surface area contributed by atoms with Gasteiger partial charge >= 0.3 is 6.03 Å². The largest absolute Gasteiger partial charge is 0.508 e. The summed E-state index contributed by atoms with van der Waals surface area (Å²) in [5.74, 6) is 0.0861. The SMILES string of the molecule is CN(C(=O)Nc1cc(Cl)ccc1Cl)c1cccc(O)c1. The zero-order chi connectivity index (χ0) is 14.7. The minimum atomic E-state index is -0.389. The van der Waals surface area contributed by atoms with E-state index in [1.54, 1.807) is 37.4 Å². The van der Waals surface area contributed by atoms with Crippen molar-refractivity contribution in [3.05, 3.63) is 52.5 Å². The van der Waals surface area contributed by atoms with Gasteiger partial charge in [0.25, 0.3) is 0 Å². The van der Waals surface area contributed by atoms with E-state index in [9.17, 15) is 9.90 Å². The van der Waals surface area contributed by atoms with Crippen LogP contribution in [0.15, 0.2) is 42.5 Å². The lowest BCUT2D eigenvalue weighted by atomic mass is 10.3. The van der Waals surface area contributed by atoms with Gasteiger partial charge in [-0.25, -0.2) is 4.79 Å². The first-order chi connectivity index (χ1) is 9.47. The van der Waals surface area contributed by atoms with Crippen LogP contribution in [0.5, 0.6) is 5.75 Å². The van der Waals surface area contributed by atoms with E-state index in [1.165, 1.54) is 17.0 Å². The van der Waals surface area contributed by atoms with Crippen molar-refractivity contribution in [1.29, 1.82) is 0 Å². The van der Waals surface area contributed by atoms with Crippen LogP contribution in [-0.2, 0) is 0 Å². The molecule has 0 aromatic heterocycles. The fraction of sp³-hybridized carbons (Fsp3) is 0.0714. The van der Waals surface area contributed by atoms with Crippen LogP contribution in [0.4, 0.5) is 16.2 Å².